The molecule has 152 valence electrons. The van der Waals surface area contributed by atoms with Crippen molar-refractivity contribution in [3.05, 3.63) is 64.2 Å². The van der Waals surface area contributed by atoms with Crippen molar-refractivity contribution in [3.63, 3.8) is 0 Å². The zero-order valence-corrected chi connectivity index (χ0v) is 16.9. The van der Waals surface area contributed by atoms with Crippen molar-refractivity contribution >= 4 is 41.4 Å². The van der Waals surface area contributed by atoms with Gasteiger partial charge in [0.1, 0.15) is 6.29 Å². The monoisotopic (exact) mass is 416 g/mol. The zero-order chi connectivity index (χ0) is 21.4. The van der Waals surface area contributed by atoms with Gasteiger partial charge in [0.2, 0.25) is 5.91 Å². The van der Waals surface area contributed by atoms with Crippen LogP contribution in [0.15, 0.2) is 42.5 Å². The van der Waals surface area contributed by atoms with E-state index in [9.17, 15) is 19.2 Å². The molecular weight excluding hydrogens is 396 g/mol. The lowest BCUT2D eigenvalue weighted by molar-refractivity contribution is -0.137. The number of carbonyl (C=O) groups is 4. The highest BCUT2D eigenvalue weighted by Gasteiger charge is 2.18. The van der Waals surface area contributed by atoms with Gasteiger partial charge in [-0.05, 0) is 43.7 Å². The van der Waals surface area contributed by atoms with E-state index in [-0.39, 0.29) is 24.6 Å². The first-order valence-electron chi connectivity index (χ1n) is 8.90. The number of hydrogen-bond donors (Lipinski definition) is 1. The number of aryl methyl sites for hydroxylation is 1. The number of likely N-dealkylation sites (N-methyl/N-ethyl adjacent to an activating group) is 1. The number of rotatable bonds is 8. The number of anilines is 1. The summed E-state index contributed by atoms with van der Waals surface area (Å²) >= 11 is 5.94. The number of esters is 1. The molecule has 0 aliphatic carbocycles. The predicted molar refractivity (Wildman–Crippen MR) is 109 cm³/mol. The smallest absolute Gasteiger partial charge is 0.338 e. The number of aldehydes is 1. The Balaban J connectivity index is 1.90. The second kappa shape index (κ2) is 10.4. The number of hydrogen-bond acceptors (Lipinski definition) is 5. The van der Waals surface area contributed by atoms with Gasteiger partial charge in [0.25, 0.3) is 5.91 Å². The molecule has 8 heteroatoms. The highest BCUT2D eigenvalue weighted by atomic mass is 35.5. The molecule has 0 saturated carbocycles. The number of carbonyl (C=O) groups excluding carboxylic acids is 4. The van der Waals surface area contributed by atoms with Crippen molar-refractivity contribution < 1.29 is 23.9 Å². The Labute approximate surface area is 173 Å². The molecule has 2 aromatic carbocycles. The summed E-state index contributed by atoms with van der Waals surface area (Å²) in [6.07, 6.45) is 0.660. The normalized spacial score (nSPS) is 10.2. The molecule has 0 atom stereocenters. The lowest BCUT2D eigenvalue weighted by atomic mass is 10.1. The van der Waals surface area contributed by atoms with Gasteiger partial charge in [-0.15, -0.1) is 0 Å². The van der Waals surface area contributed by atoms with Gasteiger partial charge in [0, 0.05) is 22.8 Å². The summed E-state index contributed by atoms with van der Waals surface area (Å²) in [6, 6.07) is 11.0. The average molecular weight is 417 g/mol. The Hall–Kier alpha value is -3.19. The third kappa shape index (κ3) is 6.43. The van der Waals surface area contributed by atoms with Gasteiger partial charge < -0.3 is 15.0 Å². The first-order chi connectivity index (χ1) is 13.8. The fourth-order valence-corrected chi connectivity index (χ4v) is 2.64. The average Bonchev–Trinajstić information content (AvgIpc) is 2.72. The van der Waals surface area contributed by atoms with Crippen LogP contribution in [0.5, 0.6) is 0 Å². The van der Waals surface area contributed by atoms with Gasteiger partial charge in [-0.1, -0.05) is 29.8 Å². The quantitative estimate of drug-likeness (QED) is 0.527. The summed E-state index contributed by atoms with van der Waals surface area (Å²) in [6.45, 7) is 3.14. The molecule has 7 nitrogen and oxygen atoms in total. The lowest BCUT2D eigenvalue weighted by Gasteiger charge is -2.20. The lowest BCUT2D eigenvalue weighted by Crippen LogP contribution is -2.40. The second-order valence-corrected chi connectivity index (χ2v) is 6.67. The van der Waals surface area contributed by atoms with Gasteiger partial charge in [-0.2, -0.15) is 0 Å². The molecule has 2 amide bonds. The molecule has 2 aromatic rings. The highest BCUT2D eigenvalue weighted by Crippen LogP contribution is 2.20. The third-order valence-electron chi connectivity index (χ3n) is 4.15. The maximum absolute atomic E-state index is 12.3. The minimum absolute atomic E-state index is 0.188. The van der Waals surface area contributed by atoms with E-state index < -0.39 is 18.5 Å². The van der Waals surface area contributed by atoms with Crippen molar-refractivity contribution in [2.45, 2.75) is 13.8 Å². The van der Waals surface area contributed by atoms with E-state index in [1.165, 1.54) is 29.2 Å². The maximum Gasteiger partial charge on any atom is 0.338 e. The van der Waals surface area contributed by atoms with Gasteiger partial charge in [-0.3, -0.25) is 14.4 Å². The number of benzene rings is 2. The van der Waals surface area contributed by atoms with E-state index in [2.05, 4.69) is 5.32 Å². The van der Waals surface area contributed by atoms with E-state index >= 15 is 0 Å². The van der Waals surface area contributed by atoms with Crippen molar-refractivity contribution in [2.24, 2.45) is 0 Å². The van der Waals surface area contributed by atoms with Crippen LogP contribution in [-0.2, 0) is 14.3 Å². The van der Waals surface area contributed by atoms with Crippen LogP contribution in [-0.4, -0.2) is 48.7 Å². The van der Waals surface area contributed by atoms with Crippen LogP contribution in [0.3, 0.4) is 0 Å². The molecule has 0 radical (unpaired) electrons. The Morgan fingerprint density at radius 1 is 1.14 bits per heavy atom. The molecule has 0 heterocycles. The summed E-state index contributed by atoms with van der Waals surface area (Å²) in [5, 5.41) is 3.21. The van der Waals surface area contributed by atoms with Gasteiger partial charge in [0.15, 0.2) is 6.61 Å². The molecular formula is C21H21ClN2O5. The summed E-state index contributed by atoms with van der Waals surface area (Å²) in [7, 11) is 0. The van der Waals surface area contributed by atoms with Crippen LogP contribution in [0.4, 0.5) is 5.69 Å². The highest BCUT2D eigenvalue weighted by molar-refractivity contribution is 6.31. The Kier molecular flexibility index (Phi) is 7.91. The van der Waals surface area contributed by atoms with Crippen LogP contribution < -0.4 is 5.32 Å². The minimum Gasteiger partial charge on any atom is -0.452 e. The van der Waals surface area contributed by atoms with Crippen LogP contribution in [0.2, 0.25) is 5.02 Å². The molecule has 29 heavy (non-hydrogen) atoms. The van der Waals surface area contributed by atoms with Crippen LogP contribution in [0.1, 0.15) is 33.2 Å². The molecule has 0 aliphatic rings. The van der Waals surface area contributed by atoms with E-state index in [0.717, 1.165) is 5.56 Å². The maximum atomic E-state index is 12.3. The van der Waals surface area contributed by atoms with Gasteiger partial charge >= 0.3 is 5.97 Å². The van der Waals surface area contributed by atoms with Crippen LogP contribution >= 0.6 is 11.6 Å². The summed E-state index contributed by atoms with van der Waals surface area (Å²) in [4.78, 5) is 48.5. The van der Waals surface area contributed by atoms with E-state index in [1.54, 1.807) is 25.1 Å². The molecule has 0 unspecified atom stereocenters. The Bertz CT molecular complexity index is 912. The first kappa shape index (κ1) is 22.1. The largest absolute Gasteiger partial charge is 0.452 e. The standard InChI is InChI=1S/C21H21ClN2O5/c1-3-24(11-19(26)23-18-10-17(22)9-4-14(18)2)20(27)13-29-21(28)16-7-5-15(12-25)6-8-16/h4-10,12H,3,11,13H2,1-2H3,(H,23,26). The first-order valence-corrected chi connectivity index (χ1v) is 9.28. The van der Waals surface area contributed by atoms with Crippen molar-refractivity contribution in [1.82, 2.24) is 4.90 Å². The second-order valence-electron chi connectivity index (χ2n) is 6.23. The van der Waals surface area contributed by atoms with Crippen molar-refractivity contribution in [2.75, 3.05) is 25.0 Å². The summed E-state index contributed by atoms with van der Waals surface area (Å²) < 4.78 is 5.01. The molecule has 0 aromatic heterocycles. The summed E-state index contributed by atoms with van der Waals surface area (Å²) in [5.74, 6) is -1.57. The zero-order valence-electron chi connectivity index (χ0n) is 16.1. The fourth-order valence-electron chi connectivity index (χ4n) is 2.47. The van der Waals surface area contributed by atoms with Gasteiger partial charge in [0.05, 0.1) is 12.1 Å². The molecule has 0 bridgehead atoms. The Morgan fingerprint density at radius 2 is 1.83 bits per heavy atom. The van der Waals surface area contributed by atoms with Gasteiger partial charge in [-0.25, -0.2) is 4.79 Å². The number of nitrogens with zero attached hydrogens (tertiary/aromatic N) is 1. The molecule has 0 saturated heterocycles. The van der Waals surface area contributed by atoms with Crippen LogP contribution in [0.25, 0.3) is 0 Å². The topological polar surface area (TPSA) is 92.8 Å². The van der Waals surface area contributed by atoms with Crippen LogP contribution in [0, 0.1) is 6.92 Å². The number of halogens is 1. The Morgan fingerprint density at radius 3 is 2.45 bits per heavy atom. The predicted octanol–water partition coefficient (Wildman–Crippen LogP) is 3.10. The SMILES string of the molecule is CCN(CC(=O)Nc1cc(Cl)ccc1C)C(=O)COC(=O)c1ccc(C=O)cc1. The molecule has 0 fully saturated rings. The number of amides is 2. The van der Waals surface area contributed by atoms with E-state index in [4.69, 9.17) is 16.3 Å². The third-order valence-corrected chi connectivity index (χ3v) is 4.39. The molecule has 0 spiro atoms. The molecule has 0 aliphatic heterocycles. The molecule has 1 N–H and O–H groups in total. The molecule has 2 rings (SSSR count). The van der Waals surface area contributed by atoms with E-state index in [1.807, 2.05) is 6.92 Å². The number of nitrogens with one attached hydrogen (secondary N) is 1. The van der Waals surface area contributed by atoms with Crippen molar-refractivity contribution in [3.8, 4) is 0 Å². The number of ether oxygens (including phenoxy) is 1. The van der Waals surface area contributed by atoms with E-state index in [0.29, 0.717) is 22.6 Å². The minimum atomic E-state index is -0.689. The van der Waals surface area contributed by atoms with Crippen molar-refractivity contribution in [1.29, 1.82) is 0 Å². The fraction of sp³-hybridized carbons (Fsp3) is 0.238. The summed E-state index contributed by atoms with van der Waals surface area (Å²) in [5.41, 5.74) is 2.05.